The molecule has 1 heterocycles. The van der Waals surface area contributed by atoms with E-state index in [1.807, 2.05) is 19.1 Å². The molecule has 7 heteroatoms. The number of methoxy groups -OCH3 is 1. The largest absolute Gasteiger partial charge is 0.394 e. The highest BCUT2D eigenvalue weighted by Crippen LogP contribution is 2.43. The van der Waals surface area contributed by atoms with Crippen LogP contribution in [0.2, 0.25) is 0 Å². The number of rotatable bonds is 6. The molecule has 30 heavy (non-hydrogen) atoms. The van der Waals surface area contributed by atoms with Gasteiger partial charge in [0.2, 0.25) is 5.79 Å². The van der Waals surface area contributed by atoms with Crippen molar-refractivity contribution in [3.8, 4) is 0 Å². The molecular weight excluding hydrogens is 452 g/mol. The zero-order chi connectivity index (χ0) is 22.1. The van der Waals surface area contributed by atoms with Crippen molar-refractivity contribution >= 4 is 15.9 Å². The third-order valence-corrected chi connectivity index (χ3v) is 6.54. The van der Waals surface area contributed by atoms with Gasteiger partial charge in [0.1, 0.15) is 24.4 Å². The summed E-state index contributed by atoms with van der Waals surface area (Å²) >= 11 is 3.52. The monoisotopic (exact) mass is 480 g/mol. The normalized spacial score (nSPS) is 29.2. The number of benzene rings is 2. The number of halogens is 1. The molecule has 2 aromatic carbocycles. The molecule has 5 atom stereocenters. The Hall–Kier alpha value is -1.32. The summed E-state index contributed by atoms with van der Waals surface area (Å²) in [6.07, 6.45) is -4.01. The van der Waals surface area contributed by atoms with Gasteiger partial charge in [-0.15, -0.1) is 0 Å². The van der Waals surface area contributed by atoms with Crippen LogP contribution in [0.25, 0.3) is 0 Å². The summed E-state index contributed by atoms with van der Waals surface area (Å²) in [5.74, 6) is -1.75. The van der Waals surface area contributed by atoms with Gasteiger partial charge < -0.3 is 29.9 Å². The van der Waals surface area contributed by atoms with Gasteiger partial charge in [0.25, 0.3) is 0 Å². The molecule has 0 aromatic heterocycles. The average Bonchev–Trinajstić information content (AvgIpc) is 2.75. The van der Waals surface area contributed by atoms with Crippen LogP contribution in [0.4, 0.5) is 0 Å². The van der Waals surface area contributed by atoms with Crippen molar-refractivity contribution < 1.29 is 29.9 Å². The van der Waals surface area contributed by atoms with Crippen molar-refractivity contribution in [3.05, 3.63) is 68.7 Å². The molecule has 1 fully saturated rings. The van der Waals surface area contributed by atoms with Gasteiger partial charge in [-0.3, -0.25) is 0 Å². The minimum absolute atomic E-state index is 0.479. The molecule has 0 aliphatic carbocycles. The van der Waals surface area contributed by atoms with Crippen LogP contribution in [-0.4, -0.2) is 58.6 Å². The van der Waals surface area contributed by atoms with Gasteiger partial charge in [-0.1, -0.05) is 47.1 Å². The Morgan fingerprint density at radius 2 is 1.70 bits per heavy atom. The molecule has 1 unspecified atom stereocenters. The lowest BCUT2D eigenvalue weighted by molar-refractivity contribution is -0.366. The summed E-state index contributed by atoms with van der Waals surface area (Å²) in [5, 5.41) is 40.9. The van der Waals surface area contributed by atoms with Crippen molar-refractivity contribution in [1.29, 1.82) is 0 Å². The Labute approximate surface area is 185 Å². The topological polar surface area (TPSA) is 99.4 Å². The highest BCUT2D eigenvalue weighted by molar-refractivity contribution is 9.10. The zero-order valence-corrected chi connectivity index (χ0v) is 19.0. The van der Waals surface area contributed by atoms with Gasteiger partial charge in [-0.2, -0.15) is 0 Å². The maximum atomic E-state index is 10.8. The smallest absolute Gasteiger partial charge is 0.225 e. The van der Waals surface area contributed by atoms with Crippen molar-refractivity contribution in [2.75, 3.05) is 13.7 Å². The lowest BCUT2D eigenvalue weighted by atomic mass is 9.86. The fraction of sp³-hybridized carbons (Fsp3) is 0.478. The molecule has 0 radical (unpaired) electrons. The lowest BCUT2D eigenvalue weighted by Gasteiger charge is -2.48. The second-order valence-corrected chi connectivity index (χ2v) is 8.60. The minimum Gasteiger partial charge on any atom is -0.394 e. The maximum Gasteiger partial charge on any atom is 0.225 e. The summed E-state index contributed by atoms with van der Waals surface area (Å²) in [5.41, 5.74) is 4.94. The van der Waals surface area contributed by atoms with E-state index >= 15 is 0 Å². The van der Waals surface area contributed by atoms with E-state index in [1.165, 1.54) is 12.7 Å². The van der Waals surface area contributed by atoms with E-state index in [0.29, 0.717) is 16.5 Å². The van der Waals surface area contributed by atoms with E-state index in [9.17, 15) is 20.4 Å². The van der Waals surface area contributed by atoms with E-state index in [2.05, 4.69) is 47.1 Å². The minimum atomic E-state index is -1.75. The van der Waals surface area contributed by atoms with Crippen LogP contribution in [0.3, 0.4) is 0 Å². The lowest BCUT2D eigenvalue weighted by Crippen LogP contribution is -2.64. The molecular formula is C23H29BrO6. The number of aryl methyl sites for hydroxylation is 2. The van der Waals surface area contributed by atoms with Crippen LogP contribution in [0.15, 0.2) is 40.9 Å². The number of aliphatic hydroxyl groups excluding tert-OH is 4. The fourth-order valence-electron chi connectivity index (χ4n) is 3.93. The summed E-state index contributed by atoms with van der Waals surface area (Å²) in [6.45, 7) is 3.58. The van der Waals surface area contributed by atoms with Crippen LogP contribution in [0.5, 0.6) is 0 Å². The predicted molar refractivity (Wildman–Crippen MR) is 116 cm³/mol. The first-order valence-electron chi connectivity index (χ1n) is 10.0. The van der Waals surface area contributed by atoms with E-state index in [1.54, 1.807) is 0 Å². The van der Waals surface area contributed by atoms with Gasteiger partial charge in [0.15, 0.2) is 0 Å². The number of ether oxygens (including phenoxy) is 2. The number of hydrogen-bond donors (Lipinski definition) is 4. The van der Waals surface area contributed by atoms with Crippen molar-refractivity contribution in [3.63, 3.8) is 0 Å². The Bertz CT molecular complexity index is 869. The summed E-state index contributed by atoms with van der Waals surface area (Å²) in [6, 6.07) is 12.2. The summed E-state index contributed by atoms with van der Waals surface area (Å²) < 4.78 is 12.1. The Morgan fingerprint density at radius 3 is 2.27 bits per heavy atom. The van der Waals surface area contributed by atoms with Crippen LogP contribution < -0.4 is 0 Å². The SMILES string of the molecule is CCc1ccc(Cc2cc(C3(OC)O[C@H](CO)[C@@H](O)[C@H](O)[C@H]3O)c(Br)cc2C)cc1. The first kappa shape index (κ1) is 23.3. The Kier molecular flexibility index (Phi) is 7.35. The zero-order valence-electron chi connectivity index (χ0n) is 17.4. The molecule has 0 amide bonds. The third kappa shape index (κ3) is 4.21. The molecule has 3 rings (SSSR count). The molecule has 1 saturated heterocycles. The summed E-state index contributed by atoms with van der Waals surface area (Å²) in [7, 11) is 1.36. The van der Waals surface area contributed by atoms with Crippen LogP contribution in [0, 0.1) is 6.92 Å². The highest BCUT2D eigenvalue weighted by Gasteiger charge is 2.55. The first-order chi connectivity index (χ1) is 14.3. The molecule has 4 N–H and O–H groups in total. The molecule has 0 spiro atoms. The molecule has 1 aliphatic rings. The van der Waals surface area contributed by atoms with Crippen LogP contribution >= 0.6 is 15.9 Å². The molecule has 1 aliphatic heterocycles. The third-order valence-electron chi connectivity index (χ3n) is 5.88. The Balaban J connectivity index is 2.04. The molecule has 2 aromatic rings. The fourth-order valence-corrected chi connectivity index (χ4v) is 4.66. The van der Waals surface area contributed by atoms with Crippen LogP contribution in [0.1, 0.15) is 34.7 Å². The van der Waals surface area contributed by atoms with Gasteiger partial charge in [0, 0.05) is 17.1 Å². The average molecular weight is 481 g/mol. The van der Waals surface area contributed by atoms with Crippen LogP contribution in [-0.2, 0) is 28.1 Å². The second kappa shape index (κ2) is 9.44. The van der Waals surface area contributed by atoms with Crippen molar-refractivity contribution in [2.45, 2.75) is 56.9 Å². The van der Waals surface area contributed by atoms with Crippen molar-refractivity contribution in [1.82, 2.24) is 0 Å². The van der Waals surface area contributed by atoms with Gasteiger partial charge in [-0.25, -0.2) is 0 Å². The van der Waals surface area contributed by atoms with E-state index < -0.39 is 36.8 Å². The maximum absolute atomic E-state index is 10.8. The highest BCUT2D eigenvalue weighted by atomic mass is 79.9. The predicted octanol–water partition coefficient (Wildman–Crippen LogP) is 2.18. The van der Waals surface area contributed by atoms with Crippen molar-refractivity contribution in [2.24, 2.45) is 0 Å². The Morgan fingerprint density at radius 1 is 1.07 bits per heavy atom. The van der Waals surface area contributed by atoms with E-state index in [4.69, 9.17) is 9.47 Å². The van der Waals surface area contributed by atoms with E-state index in [0.717, 1.165) is 23.1 Å². The number of hydrogen-bond acceptors (Lipinski definition) is 6. The standard InChI is InChI=1S/C23H29BrO6/c1-4-14-5-7-15(8-6-14)10-16-11-17(18(24)9-13(16)2)23(29-3)22(28)21(27)20(26)19(12-25)30-23/h5-9,11,19-22,25-28H,4,10,12H2,1-3H3/t19-,20-,21+,22-,23?/m1/s1. The van der Waals surface area contributed by atoms with Gasteiger partial charge >= 0.3 is 0 Å². The number of aliphatic hydroxyl groups is 4. The molecule has 0 bridgehead atoms. The van der Waals surface area contributed by atoms with Gasteiger partial charge in [-0.05, 0) is 54.2 Å². The summed E-state index contributed by atoms with van der Waals surface area (Å²) in [4.78, 5) is 0. The second-order valence-electron chi connectivity index (χ2n) is 7.74. The molecule has 164 valence electrons. The quantitative estimate of drug-likeness (QED) is 0.505. The molecule has 0 saturated carbocycles. The van der Waals surface area contributed by atoms with E-state index in [-0.39, 0.29) is 0 Å². The first-order valence-corrected chi connectivity index (χ1v) is 10.8. The van der Waals surface area contributed by atoms with Gasteiger partial charge in [0.05, 0.1) is 6.61 Å². The molecule has 6 nitrogen and oxygen atoms in total.